The lowest BCUT2D eigenvalue weighted by Crippen LogP contribution is -2.30. The monoisotopic (exact) mass is 174 g/mol. The van der Waals surface area contributed by atoms with Crippen LogP contribution in [0.15, 0.2) is 0 Å². The van der Waals surface area contributed by atoms with Gasteiger partial charge in [0.2, 0.25) is 0 Å². The molecule has 0 amide bonds. The van der Waals surface area contributed by atoms with Gasteiger partial charge in [-0.3, -0.25) is 0 Å². The molecule has 0 aliphatic carbocycles. The van der Waals surface area contributed by atoms with Gasteiger partial charge in [0, 0.05) is 13.1 Å². The summed E-state index contributed by atoms with van der Waals surface area (Å²) in [4.78, 5) is 4.65. The molecule has 0 aliphatic heterocycles. The van der Waals surface area contributed by atoms with Gasteiger partial charge >= 0.3 is 0 Å². The molecule has 0 aromatic carbocycles. The fraction of sp³-hybridized carbons (Fsp3) is 1.00. The molecule has 0 atom stereocenters. The van der Waals surface area contributed by atoms with Gasteiger partial charge < -0.3 is 9.80 Å². The second kappa shape index (κ2) is 10.9. The second-order valence-corrected chi connectivity index (χ2v) is 2.79. The van der Waals surface area contributed by atoms with Crippen molar-refractivity contribution in [1.82, 2.24) is 9.80 Å². The number of hydrogen-bond acceptors (Lipinski definition) is 2. The van der Waals surface area contributed by atoms with E-state index in [1.807, 2.05) is 13.8 Å². The molecule has 0 bridgehead atoms. The van der Waals surface area contributed by atoms with E-state index in [4.69, 9.17) is 0 Å². The van der Waals surface area contributed by atoms with Crippen molar-refractivity contribution in [2.45, 2.75) is 27.7 Å². The first-order chi connectivity index (χ1) is 5.70. The van der Waals surface area contributed by atoms with Crippen LogP contribution < -0.4 is 0 Å². The molecule has 2 nitrogen and oxygen atoms in total. The summed E-state index contributed by atoms with van der Waals surface area (Å²) >= 11 is 0. The molecule has 0 radical (unpaired) electrons. The summed E-state index contributed by atoms with van der Waals surface area (Å²) in [5.41, 5.74) is 0. The highest BCUT2D eigenvalue weighted by Crippen LogP contribution is 1.84. The molecular weight excluding hydrogens is 148 g/mol. The molecule has 0 aromatic rings. The highest BCUT2D eigenvalue weighted by Gasteiger charge is 1.96. The van der Waals surface area contributed by atoms with Crippen molar-refractivity contribution in [3.05, 3.63) is 0 Å². The predicted molar refractivity (Wildman–Crippen MR) is 57.7 cm³/mol. The maximum Gasteiger partial charge on any atom is 0.0106 e. The smallest absolute Gasteiger partial charge is 0.0106 e. The molecule has 0 aliphatic rings. The zero-order valence-electron chi connectivity index (χ0n) is 9.72. The average molecular weight is 174 g/mol. The molecule has 0 saturated heterocycles. The predicted octanol–water partition coefficient (Wildman–Crippen LogP) is 1.92. The standard InChI is InChI=1S/C8H20N2.C2H6/c1-5-9(3)7-8-10(4)6-2;1-2/h5-8H2,1-4H3;1-2H3. The van der Waals surface area contributed by atoms with Gasteiger partial charge in [-0.25, -0.2) is 0 Å². The zero-order chi connectivity index (χ0) is 9.98. The lowest BCUT2D eigenvalue weighted by molar-refractivity contribution is 0.271. The Morgan fingerprint density at radius 3 is 1.17 bits per heavy atom. The first-order valence-electron chi connectivity index (χ1n) is 5.07. The normalized spacial score (nSPS) is 10.0. The van der Waals surface area contributed by atoms with Crippen molar-refractivity contribution in [1.29, 1.82) is 0 Å². The molecular formula is C10H26N2. The number of hydrogen-bond donors (Lipinski definition) is 0. The average Bonchev–Trinajstić information content (AvgIpc) is 2.16. The topological polar surface area (TPSA) is 6.48 Å². The van der Waals surface area contributed by atoms with Crippen LogP contribution >= 0.6 is 0 Å². The van der Waals surface area contributed by atoms with Crippen molar-refractivity contribution >= 4 is 0 Å². The maximum atomic E-state index is 2.33. The lowest BCUT2D eigenvalue weighted by atomic mass is 10.5. The third-order valence-corrected chi connectivity index (χ3v) is 1.94. The summed E-state index contributed by atoms with van der Waals surface area (Å²) in [7, 11) is 4.31. The van der Waals surface area contributed by atoms with Crippen LogP contribution in [0.3, 0.4) is 0 Å². The largest absolute Gasteiger partial charge is 0.305 e. The third kappa shape index (κ3) is 9.92. The molecule has 0 fully saturated rings. The van der Waals surface area contributed by atoms with E-state index < -0.39 is 0 Å². The molecule has 0 saturated carbocycles. The number of rotatable bonds is 5. The first kappa shape index (κ1) is 14.4. The van der Waals surface area contributed by atoms with E-state index in [2.05, 4.69) is 37.7 Å². The summed E-state index contributed by atoms with van der Waals surface area (Å²) in [5, 5.41) is 0. The van der Waals surface area contributed by atoms with Crippen LogP contribution in [0.25, 0.3) is 0 Å². The number of likely N-dealkylation sites (N-methyl/N-ethyl adjacent to an activating group) is 2. The fourth-order valence-corrected chi connectivity index (χ4v) is 0.658. The molecule has 0 heterocycles. The molecule has 0 spiro atoms. The quantitative estimate of drug-likeness (QED) is 0.628. The molecule has 0 N–H and O–H groups in total. The van der Waals surface area contributed by atoms with Gasteiger partial charge in [-0.1, -0.05) is 27.7 Å². The fourth-order valence-electron chi connectivity index (χ4n) is 0.658. The van der Waals surface area contributed by atoms with Crippen molar-refractivity contribution in [2.24, 2.45) is 0 Å². The van der Waals surface area contributed by atoms with E-state index >= 15 is 0 Å². The minimum Gasteiger partial charge on any atom is -0.305 e. The lowest BCUT2D eigenvalue weighted by Gasteiger charge is -2.18. The second-order valence-electron chi connectivity index (χ2n) is 2.79. The Balaban J connectivity index is 0. The van der Waals surface area contributed by atoms with Gasteiger partial charge in [0.05, 0.1) is 0 Å². The van der Waals surface area contributed by atoms with E-state index in [1.165, 1.54) is 13.1 Å². The van der Waals surface area contributed by atoms with E-state index in [0.29, 0.717) is 0 Å². The van der Waals surface area contributed by atoms with Gasteiger partial charge in [-0.15, -0.1) is 0 Å². The van der Waals surface area contributed by atoms with Crippen molar-refractivity contribution in [3.8, 4) is 0 Å². The molecule has 76 valence electrons. The van der Waals surface area contributed by atoms with Gasteiger partial charge in [0.25, 0.3) is 0 Å². The highest BCUT2D eigenvalue weighted by atomic mass is 15.2. The van der Waals surface area contributed by atoms with E-state index in [0.717, 1.165) is 13.1 Å². The van der Waals surface area contributed by atoms with Gasteiger partial charge in [0.15, 0.2) is 0 Å². The Morgan fingerprint density at radius 1 is 0.750 bits per heavy atom. The van der Waals surface area contributed by atoms with Crippen LogP contribution in [0.5, 0.6) is 0 Å². The van der Waals surface area contributed by atoms with Crippen LogP contribution in [0, 0.1) is 0 Å². The number of nitrogens with zero attached hydrogens (tertiary/aromatic N) is 2. The molecule has 0 rings (SSSR count). The van der Waals surface area contributed by atoms with Crippen LogP contribution in [0.1, 0.15) is 27.7 Å². The van der Waals surface area contributed by atoms with Crippen LogP contribution in [0.4, 0.5) is 0 Å². The van der Waals surface area contributed by atoms with Gasteiger partial charge in [-0.05, 0) is 27.2 Å². The Morgan fingerprint density at radius 2 is 1.00 bits per heavy atom. The maximum absolute atomic E-state index is 2.33. The van der Waals surface area contributed by atoms with Crippen molar-refractivity contribution < 1.29 is 0 Å². The molecule has 2 heteroatoms. The third-order valence-electron chi connectivity index (χ3n) is 1.94. The SMILES string of the molecule is CC.CCN(C)CCN(C)CC. The minimum atomic E-state index is 1.15. The summed E-state index contributed by atoms with van der Waals surface area (Å²) in [6, 6.07) is 0. The Hall–Kier alpha value is -0.0800. The van der Waals surface area contributed by atoms with Crippen LogP contribution in [-0.2, 0) is 0 Å². The van der Waals surface area contributed by atoms with Crippen LogP contribution in [0.2, 0.25) is 0 Å². The Bertz CT molecular complexity index is 64.2. The minimum absolute atomic E-state index is 1.15. The first-order valence-corrected chi connectivity index (χ1v) is 5.07. The summed E-state index contributed by atoms with van der Waals surface area (Å²) in [5.74, 6) is 0. The van der Waals surface area contributed by atoms with E-state index in [9.17, 15) is 0 Å². The van der Waals surface area contributed by atoms with E-state index in [-0.39, 0.29) is 0 Å². The van der Waals surface area contributed by atoms with Crippen molar-refractivity contribution in [3.63, 3.8) is 0 Å². The molecule has 12 heavy (non-hydrogen) atoms. The van der Waals surface area contributed by atoms with E-state index in [1.54, 1.807) is 0 Å². The summed E-state index contributed by atoms with van der Waals surface area (Å²) < 4.78 is 0. The van der Waals surface area contributed by atoms with Gasteiger partial charge in [0.1, 0.15) is 0 Å². The zero-order valence-corrected chi connectivity index (χ0v) is 9.72. The summed E-state index contributed by atoms with van der Waals surface area (Å²) in [6.07, 6.45) is 0. The Kier molecular flexibility index (Phi) is 13.1. The van der Waals surface area contributed by atoms with Crippen LogP contribution in [-0.4, -0.2) is 50.1 Å². The van der Waals surface area contributed by atoms with Gasteiger partial charge in [-0.2, -0.15) is 0 Å². The van der Waals surface area contributed by atoms with Crippen molar-refractivity contribution in [2.75, 3.05) is 40.3 Å². The molecule has 0 aromatic heterocycles. The highest BCUT2D eigenvalue weighted by molar-refractivity contribution is 4.52. The summed E-state index contributed by atoms with van der Waals surface area (Å²) in [6.45, 7) is 13.0. The Labute approximate surface area is 78.5 Å². The molecule has 0 unspecified atom stereocenters.